The molecule has 2 heterocycles. The van der Waals surface area contributed by atoms with Crippen LogP contribution in [0.5, 0.6) is 5.88 Å². The topological polar surface area (TPSA) is 60.2 Å². The van der Waals surface area contributed by atoms with Gasteiger partial charge in [0.2, 0.25) is 5.88 Å². The first-order valence-corrected chi connectivity index (χ1v) is 6.27. The van der Waals surface area contributed by atoms with Crippen LogP contribution in [0, 0.1) is 13.8 Å². The summed E-state index contributed by atoms with van der Waals surface area (Å²) in [5.41, 5.74) is 3.07. The highest BCUT2D eigenvalue weighted by molar-refractivity contribution is 5.27. The van der Waals surface area contributed by atoms with Gasteiger partial charge in [0, 0.05) is 29.9 Å². The molecule has 0 radical (unpaired) electrons. The molecule has 2 aromatic rings. The van der Waals surface area contributed by atoms with E-state index in [1.165, 1.54) is 0 Å². The fourth-order valence-corrected chi connectivity index (χ4v) is 2.22. The van der Waals surface area contributed by atoms with Crippen molar-refractivity contribution in [3.05, 3.63) is 40.9 Å². The third-order valence-electron chi connectivity index (χ3n) is 3.16. The Morgan fingerprint density at radius 3 is 2.84 bits per heavy atom. The first-order chi connectivity index (χ1) is 9.13. The number of rotatable bonds is 5. The zero-order valence-electron chi connectivity index (χ0n) is 11.7. The lowest BCUT2D eigenvalue weighted by atomic mass is 10.1. The largest absolute Gasteiger partial charge is 0.481 e. The van der Waals surface area contributed by atoms with Gasteiger partial charge < -0.3 is 14.6 Å². The predicted octanol–water partition coefficient (Wildman–Crippen LogP) is 2.55. The second kappa shape index (κ2) is 5.84. The predicted molar refractivity (Wildman–Crippen MR) is 72.0 cm³/mol. The summed E-state index contributed by atoms with van der Waals surface area (Å²) in [7, 11) is 1.63. The Bertz CT molecular complexity index is 532. The molecule has 0 aliphatic carbocycles. The Morgan fingerprint density at radius 1 is 1.42 bits per heavy atom. The molecule has 0 saturated heterocycles. The van der Waals surface area contributed by atoms with Gasteiger partial charge in [-0.2, -0.15) is 0 Å². The van der Waals surface area contributed by atoms with Crippen molar-refractivity contribution in [3.63, 3.8) is 0 Å². The van der Waals surface area contributed by atoms with Gasteiger partial charge in [-0.1, -0.05) is 11.2 Å². The molecule has 1 atom stereocenters. The highest BCUT2D eigenvalue weighted by Gasteiger charge is 2.16. The third kappa shape index (κ3) is 2.93. The van der Waals surface area contributed by atoms with Gasteiger partial charge in [-0.05, 0) is 26.8 Å². The van der Waals surface area contributed by atoms with Gasteiger partial charge in [0.1, 0.15) is 5.76 Å². The van der Waals surface area contributed by atoms with E-state index in [-0.39, 0.29) is 6.04 Å². The van der Waals surface area contributed by atoms with Crippen molar-refractivity contribution in [3.8, 4) is 5.88 Å². The molecule has 2 rings (SSSR count). The summed E-state index contributed by atoms with van der Waals surface area (Å²) in [5, 5.41) is 7.41. The van der Waals surface area contributed by atoms with E-state index in [4.69, 9.17) is 9.26 Å². The van der Waals surface area contributed by atoms with Crippen LogP contribution >= 0.6 is 0 Å². The monoisotopic (exact) mass is 261 g/mol. The maximum atomic E-state index is 5.23. The molecule has 0 amide bonds. The van der Waals surface area contributed by atoms with E-state index in [0.29, 0.717) is 12.4 Å². The van der Waals surface area contributed by atoms with E-state index in [9.17, 15) is 0 Å². The van der Waals surface area contributed by atoms with Crippen molar-refractivity contribution in [2.45, 2.75) is 33.4 Å². The van der Waals surface area contributed by atoms with Gasteiger partial charge in [0.05, 0.1) is 12.8 Å². The minimum absolute atomic E-state index is 0.163. The normalized spacial score (nSPS) is 12.4. The van der Waals surface area contributed by atoms with E-state index < -0.39 is 0 Å². The van der Waals surface area contributed by atoms with E-state index in [2.05, 4.69) is 22.4 Å². The Hall–Kier alpha value is -1.88. The highest BCUT2D eigenvalue weighted by Crippen LogP contribution is 2.22. The zero-order chi connectivity index (χ0) is 13.8. The molecule has 0 fully saturated rings. The van der Waals surface area contributed by atoms with Crippen molar-refractivity contribution in [1.29, 1.82) is 0 Å². The van der Waals surface area contributed by atoms with E-state index in [0.717, 1.165) is 22.6 Å². The number of aromatic nitrogens is 2. The van der Waals surface area contributed by atoms with Gasteiger partial charge in [0.15, 0.2) is 0 Å². The molecular formula is C14H19N3O2. The summed E-state index contributed by atoms with van der Waals surface area (Å²) in [4.78, 5) is 4.18. The number of hydrogen-bond donors (Lipinski definition) is 1. The SMILES string of the molecule is COc1ncccc1CNC(C)c1c(C)noc1C. The smallest absolute Gasteiger partial charge is 0.217 e. The van der Waals surface area contributed by atoms with Crippen molar-refractivity contribution >= 4 is 0 Å². The molecular weight excluding hydrogens is 242 g/mol. The molecule has 0 aromatic carbocycles. The van der Waals surface area contributed by atoms with Crippen LogP contribution in [0.4, 0.5) is 0 Å². The van der Waals surface area contributed by atoms with E-state index in [1.54, 1.807) is 13.3 Å². The highest BCUT2D eigenvalue weighted by atomic mass is 16.5. The number of methoxy groups -OCH3 is 1. The van der Waals surface area contributed by atoms with Crippen LogP contribution in [0.15, 0.2) is 22.9 Å². The number of nitrogens with one attached hydrogen (secondary N) is 1. The first-order valence-electron chi connectivity index (χ1n) is 6.27. The Morgan fingerprint density at radius 2 is 2.21 bits per heavy atom. The van der Waals surface area contributed by atoms with Gasteiger partial charge in [-0.3, -0.25) is 0 Å². The molecule has 5 heteroatoms. The summed E-state index contributed by atoms with van der Waals surface area (Å²) in [6.07, 6.45) is 1.72. The van der Waals surface area contributed by atoms with Crippen LogP contribution in [0.2, 0.25) is 0 Å². The molecule has 2 aromatic heterocycles. The van der Waals surface area contributed by atoms with Crippen molar-refractivity contribution in [1.82, 2.24) is 15.5 Å². The van der Waals surface area contributed by atoms with Crippen LogP contribution in [-0.4, -0.2) is 17.3 Å². The molecule has 0 aliphatic heterocycles. The summed E-state index contributed by atoms with van der Waals surface area (Å²) >= 11 is 0. The lowest BCUT2D eigenvalue weighted by Crippen LogP contribution is -2.19. The van der Waals surface area contributed by atoms with E-state index >= 15 is 0 Å². The minimum Gasteiger partial charge on any atom is -0.481 e. The number of pyridine rings is 1. The summed E-state index contributed by atoms with van der Waals surface area (Å²) in [6.45, 7) is 6.66. The quantitative estimate of drug-likeness (QED) is 0.896. The zero-order valence-corrected chi connectivity index (χ0v) is 11.7. The maximum absolute atomic E-state index is 5.23. The maximum Gasteiger partial charge on any atom is 0.217 e. The lowest BCUT2D eigenvalue weighted by Gasteiger charge is -2.14. The van der Waals surface area contributed by atoms with Crippen LogP contribution in [0.3, 0.4) is 0 Å². The molecule has 1 unspecified atom stereocenters. The molecule has 0 spiro atoms. The van der Waals surface area contributed by atoms with Crippen LogP contribution in [0.1, 0.15) is 35.5 Å². The number of hydrogen-bond acceptors (Lipinski definition) is 5. The first kappa shape index (κ1) is 13.5. The standard InChI is InChI=1S/C14H19N3O2/c1-9(13-10(2)17-19-11(13)3)16-8-12-6-5-7-15-14(12)18-4/h5-7,9,16H,8H2,1-4H3. The number of aryl methyl sites for hydroxylation is 2. The molecule has 0 aliphatic rings. The molecule has 1 N–H and O–H groups in total. The van der Waals surface area contributed by atoms with Gasteiger partial charge in [0.25, 0.3) is 0 Å². The molecule has 19 heavy (non-hydrogen) atoms. The van der Waals surface area contributed by atoms with Gasteiger partial charge in [-0.15, -0.1) is 0 Å². The van der Waals surface area contributed by atoms with Crippen molar-refractivity contribution in [2.75, 3.05) is 7.11 Å². The Kier molecular flexibility index (Phi) is 4.16. The average molecular weight is 261 g/mol. The minimum atomic E-state index is 0.163. The van der Waals surface area contributed by atoms with Crippen LogP contribution < -0.4 is 10.1 Å². The fourth-order valence-electron chi connectivity index (χ4n) is 2.22. The average Bonchev–Trinajstić information content (AvgIpc) is 2.76. The lowest BCUT2D eigenvalue weighted by molar-refractivity contribution is 0.386. The number of ether oxygens (including phenoxy) is 1. The molecule has 102 valence electrons. The van der Waals surface area contributed by atoms with Crippen molar-refractivity contribution < 1.29 is 9.26 Å². The third-order valence-corrected chi connectivity index (χ3v) is 3.16. The second-order valence-electron chi connectivity index (χ2n) is 4.51. The number of nitrogens with zero attached hydrogens (tertiary/aromatic N) is 2. The summed E-state index contributed by atoms with van der Waals surface area (Å²) in [6, 6.07) is 4.06. The Labute approximate surface area is 113 Å². The summed E-state index contributed by atoms with van der Waals surface area (Å²) < 4.78 is 10.4. The second-order valence-corrected chi connectivity index (χ2v) is 4.51. The summed E-state index contributed by atoms with van der Waals surface area (Å²) in [5.74, 6) is 1.51. The van der Waals surface area contributed by atoms with Crippen molar-refractivity contribution in [2.24, 2.45) is 0 Å². The van der Waals surface area contributed by atoms with Crippen LogP contribution in [-0.2, 0) is 6.54 Å². The van der Waals surface area contributed by atoms with Crippen LogP contribution in [0.25, 0.3) is 0 Å². The molecule has 0 saturated carbocycles. The Balaban J connectivity index is 2.06. The van der Waals surface area contributed by atoms with Gasteiger partial charge >= 0.3 is 0 Å². The fraction of sp³-hybridized carbons (Fsp3) is 0.429. The molecule has 5 nitrogen and oxygen atoms in total. The van der Waals surface area contributed by atoms with E-state index in [1.807, 2.05) is 26.0 Å². The van der Waals surface area contributed by atoms with Gasteiger partial charge in [-0.25, -0.2) is 4.98 Å². The molecule has 0 bridgehead atoms.